The Hall–Kier alpha value is -0.300. The molecule has 3 saturated heterocycles. The van der Waals surface area contributed by atoms with Gasteiger partial charge >= 0.3 is 0 Å². The van der Waals surface area contributed by atoms with Gasteiger partial charge in [0.15, 0.2) is 0 Å². The van der Waals surface area contributed by atoms with E-state index in [2.05, 4.69) is 33.9 Å². The lowest BCUT2D eigenvalue weighted by atomic mass is 9.91. The van der Waals surface area contributed by atoms with Crippen molar-refractivity contribution < 1.29 is 8.78 Å². The van der Waals surface area contributed by atoms with Gasteiger partial charge in [-0.1, -0.05) is 0 Å². The number of piperidine rings is 2. The molecule has 4 atom stereocenters. The number of nitrogens with one attached hydrogen (secondary N) is 1. The smallest absolute Gasteiger partial charge is 0.128 e. The molecule has 140 valence electrons. The standard InChI is InChI=1S/C18H34F2N4/c1-14(2)23-9-7-22(8-10-23)12-15-4-6-24(13-17(15)20)18-3-5-21-11-16(18)19/h14-18,21H,3-13H2,1-2H3. The fraction of sp³-hybridized carbons (Fsp3) is 1.00. The lowest BCUT2D eigenvalue weighted by Crippen LogP contribution is -2.57. The summed E-state index contributed by atoms with van der Waals surface area (Å²) in [5.74, 6) is 0.117. The van der Waals surface area contributed by atoms with E-state index in [1.165, 1.54) is 0 Å². The minimum atomic E-state index is -0.855. The van der Waals surface area contributed by atoms with Crippen molar-refractivity contribution >= 4 is 0 Å². The number of nitrogens with zero attached hydrogens (tertiary/aromatic N) is 3. The molecule has 3 fully saturated rings. The molecule has 3 heterocycles. The number of halogens is 2. The Kier molecular flexibility index (Phi) is 6.46. The zero-order valence-corrected chi connectivity index (χ0v) is 15.3. The van der Waals surface area contributed by atoms with Gasteiger partial charge in [-0.3, -0.25) is 9.80 Å². The van der Waals surface area contributed by atoms with Crippen LogP contribution in [0.15, 0.2) is 0 Å². The van der Waals surface area contributed by atoms with E-state index in [9.17, 15) is 8.78 Å². The summed E-state index contributed by atoms with van der Waals surface area (Å²) in [7, 11) is 0. The number of alkyl halides is 2. The van der Waals surface area contributed by atoms with Crippen LogP contribution >= 0.6 is 0 Å². The second kappa shape index (κ2) is 8.39. The molecule has 0 amide bonds. The minimum Gasteiger partial charge on any atom is -0.314 e. The Morgan fingerprint density at radius 2 is 1.75 bits per heavy atom. The van der Waals surface area contributed by atoms with Crippen molar-refractivity contribution in [3.63, 3.8) is 0 Å². The largest absolute Gasteiger partial charge is 0.314 e. The first-order chi connectivity index (χ1) is 11.5. The van der Waals surface area contributed by atoms with Crippen LogP contribution in [0.3, 0.4) is 0 Å². The van der Waals surface area contributed by atoms with Crippen LogP contribution in [-0.4, -0.2) is 98.0 Å². The van der Waals surface area contributed by atoms with E-state index < -0.39 is 12.3 Å². The molecular formula is C18H34F2N4. The molecular weight excluding hydrogens is 310 g/mol. The summed E-state index contributed by atoms with van der Waals surface area (Å²) in [6.45, 7) is 12.2. The van der Waals surface area contributed by atoms with Crippen LogP contribution < -0.4 is 5.32 Å². The predicted octanol–water partition coefficient (Wildman–Crippen LogP) is 1.37. The number of likely N-dealkylation sites (tertiary alicyclic amines) is 1. The van der Waals surface area contributed by atoms with Crippen LogP contribution in [0.1, 0.15) is 26.7 Å². The van der Waals surface area contributed by atoms with Gasteiger partial charge in [0, 0.05) is 63.8 Å². The molecule has 0 radical (unpaired) electrons. The lowest BCUT2D eigenvalue weighted by Gasteiger charge is -2.44. The van der Waals surface area contributed by atoms with E-state index in [0.29, 0.717) is 19.1 Å². The third-order valence-electron chi connectivity index (χ3n) is 6.18. The monoisotopic (exact) mass is 344 g/mol. The van der Waals surface area contributed by atoms with Crippen molar-refractivity contribution in [2.24, 2.45) is 5.92 Å². The molecule has 0 spiro atoms. The van der Waals surface area contributed by atoms with Crippen molar-refractivity contribution in [3.8, 4) is 0 Å². The van der Waals surface area contributed by atoms with E-state index in [-0.39, 0.29) is 12.0 Å². The van der Waals surface area contributed by atoms with Gasteiger partial charge in [-0.25, -0.2) is 8.78 Å². The van der Waals surface area contributed by atoms with Crippen molar-refractivity contribution in [1.29, 1.82) is 0 Å². The fourth-order valence-electron chi connectivity index (χ4n) is 4.50. The number of hydrogen-bond acceptors (Lipinski definition) is 4. The Labute approximate surface area is 145 Å². The zero-order valence-electron chi connectivity index (χ0n) is 15.3. The first kappa shape index (κ1) is 18.5. The van der Waals surface area contributed by atoms with Crippen LogP contribution in [0, 0.1) is 5.92 Å². The van der Waals surface area contributed by atoms with Crippen molar-refractivity contribution in [2.45, 2.75) is 51.1 Å². The van der Waals surface area contributed by atoms with Crippen LogP contribution in [-0.2, 0) is 0 Å². The Morgan fingerprint density at radius 1 is 1.00 bits per heavy atom. The van der Waals surface area contributed by atoms with Gasteiger partial charge in [0.1, 0.15) is 12.3 Å². The molecule has 3 rings (SSSR count). The van der Waals surface area contributed by atoms with Gasteiger partial charge in [-0.05, 0) is 39.8 Å². The third-order valence-corrected chi connectivity index (χ3v) is 6.18. The highest BCUT2D eigenvalue weighted by molar-refractivity contribution is 4.91. The average molecular weight is 344 g/mol. The predicted molar refractivity (Wildman–Crippen MR) is 93.9 cm³/mol. The highest BCUT2D eigenvalue weighted by atomic mass is 19.1. The normalized spacial score (nSPS) is 37.9. The first-order valence-corrected chi connectivity index (χ1v) is 9.74. The second-order valence-corrected chi connectivity index (χ2v) is 8.07. The molecule has 3 aliphatic rings. The van der Waals surface area contributed by atoms with Crippen LogP contribution in [0.2, 0.25) is 0 Å². The molecule has 0 bridgehead atoms. The van der Waals surface area contributed by atoms with E-state index in [4.69, 9.17) is 0 Å². The molecule has 6 heteroatoms. The van der Waals surface area contributed by atoms with Gasteiger partial charge in [0.2, 0.25) is 0 Å². The summed E-state index contributed by atoms with van der Waals surface area (Å²) in [6.07, 6.45) is -0.00616. The van der Waals surface area contributed by atoms with Gasteiger partial charge < -0.3 is 10.2 Å². The molecule has 0 aromatic rings. The quantitative estimate of drug-likeness (QED) is 0.832. The van der Waals surface area contributed by atoms with E-state index in [1.54, 1.807) is 0 Å². The van der Waals surface area contributed by atoms with Crippen LogP contribution in [0.25, 0.3) is 0 Å². The second-order valence-electron chi connectivity index (χ2n) is 8.07. The van der Waals surface area contributed by atoms with Crippen LogP contribution in [0.4, 0.5) is 8.78 Å². The molecule has 0 aromatic carbocycles. The number of piperazine rings is 1. The highest BCUT2D eigenvalue weighted by Crippen LogP contribution is 2.27. The van der Waals surface area contributed by atoms with E-state index >= 15 is 0 Å². The molecule has 4 nitrogen and oxygen atoms in total. The summed E-state index contributed by atoms with van der Waals surface area (Å²) in [6, 6.07) is 0.517. The summed E-state index contributed by atoms with van der Waals surface area (Å²) in [5, 5.41) is 3.08. The summed E-state index contributed by atoms with van der Waals surface area (Å²) < 4.78 is 28.8. The van der Waals surface area contributed by atoms with Crippen LogP contribution in [0.5, 0.6) is 0 Å². The minimum absolute atomic E-state index is 0.0833. The first-order valence-electron chi connectivity index (χ1n) is 9.74. The molecule has 0 aromatic heterocycles. The number of hydrogen-bond donors (Lipinski definition) is 1. The van der Waals surface area contributed by atoms with Gasteiger partial charge in [-0.15, -0.1) is 0 Å². The molecule has 24 heavy (non-hydrogen) atoms. The molecule has 4 unspecified atom stereocenters. The van der Waals surface area contributed by atoms with Crippen molar-refractivity contribution in [1.82, 2.24) is 20.0 Å². The van der Waals surface area contributed by atoms with Gasteiger partial charge in [0.25, 0.3) is 0 Å². The molecule has 0 saturated carbocycles. The summed E-state index contributed by atoms with van der Waals surface area (Å²) in [4.78, 5) is 6.99. The van der Waals surface area contributed by atoms with E-state index in [0.717, 1.165) is 58.7 Å². The maximum Gasteiger partial charge on any atom is 0.128 e. The fourth-order valence-corrected chi connectivity index (χ4v) is 4.50. The lowest BCUT2D eigenvalue weighted by molar-refractivity contribution is -0.000436. The third kappa shape index (κ3) is 4.45. The van der Waals surface area contributed by atoms with Gasteiger partial charge in [0.05, 0.1) is 0 Å². The average Bonchev–Trinajstić information content (AvgIpc) is 2.58. The highest BCUT2D eigenvalue weighted by Gasteiger charge is 2.37. The zero-order chi connectivity index (χ0) is 17.1. The Balaban J connectivity index is 1.44. The maximum atomic E-state index is 14.7. The topological polar surface area (TPSA) is 21.8 Å². The van der Waals surface area contributed by atoms with E-state index in [1.807, 2.05) is 0 Å². The van der Waals surface area contributed by atoms with Gasteiger partial charge in [-0.2, -0.15) is 0 Å². The van der Waals surface area contributed by atoms with Crippen molar-refractivity contribution in [3.05, 3.63) is 0 Å². The maximum absolute atomic E-state index is 14.7. The SMILES string of the molecule is CC(C)N1CCN(CC2CCN(C3CCNCC3F)CC2F)CC1. The molecule has 1 N–H and O–H groups in total. The Morgan fingerprint density at radius 3 is 2.38 bits per heavy atom. The number of rotatable bonds is 4. The van der Waals surface area contributed by atoms with Crippen molar-refractivity contribution in [2.75, 3.05) is 58.9 Å². The summed E-state index contributed by atoms with van der Waals surface area (Å²) >= 11 is 0. The summed E-state index contributed by atoms with van der Waals surface area (Å²) in [5.41, 5.74) is 0. The molecule has 3 aliphatic heterocycles. The Bertz CT molecular complexity index is 387. The molecule has 0 aliphatic carbocycles.